The highest BCUT2D eigenvalue weighted by atomic mass is 16.5. The molecule has 1 saturated heterocycles. The van der Waals surface area contributed by atoms with Gasteiger partial charge in [0.15, 0.2) is 0 Å². The number of nitrogens with one attached hydrogen (secondary N) is 1. The van der Waals surface area contributed by atoms with Gasteiger partial charge in [0.2, 0.25) is 0 Å². The van der Waals surface area contributed by atoms with Gasteiger partial charge in [-0.3, -0.25) is 0 Å². The van der Waals surface area contributed by atoms with Crippen LogP contribution in [-0.2, 0) is 4.74 Å². The molecule has 0 aromatic rings. The fraction of sp³-hybridized carbons (Fsp3) is 1.00. The van der Waals surface area contributed by atoms with Crippen molar-refractivity contribution < 1.29 is 4.74 Å². The summed E-state index contributed by atoms with van der Waals surface area (Å²) in [4.78, 5) is 2.45. The summed E-state index contributed by atoms with van der Waals surface area (Å²) in [5, 5.41) is 3.58. The van der Waals surface area contributed by atoms with E-state index in [1.807, 2.05) is 0 Å². The van der Waals surface area contributed by atoms with Crippen molar-refractivity contribution in [3.63, 3.8) is 0 Å². The van der Waals surface area contributed by atoms with Crippen LogP contribution < -0.4 is 11.1 Å². The maximum absolute atomic E-state index is 5.54. The van der Waals surface area contributed by atoms with E-state index in [0.717, 1.165) is 32.7 Å². The number of rotatable bonds is 7. The van der Waals surface area contributed by atoms with Crippen LogP contribution in [0.5, 0.6) is 0 Å². The van der Waals surface area contributed by atoms with E-state index in [4.69, 9.17) is 10.5 Å². The molecule has 1 fully saturated rings. The molecule has 1 aliphatic rings. The Morgan fingerprint density at radius 2 is 2.13 bits per heavy atom. The first-order valence-electron chi connectivity index (χ1n) is 6.01. The Morgan fingerprint density at radius 1 is 1.40 bits per heavy atom. The summed E-state index contributed by atoms with van der Waals surface area (Å²) in [5.74, 6) is 0. The summed E-state index contributed by atoms with van der Waals surface area (Å²) in [6, 6.07) is 0.705. The number of hydrogen-bond acceptors (Lipinski definition) is 4. The summed E-state index contributed by atoms with van der Waals surface area (Å²) in [6.07, 6.45) is 3.62. The molecular weight excluding hydrogens is 190 g/mol. The molecule has 0 aromatic heterocycles. The Labute approximate surface area is 93.1 Å². The molecule has 4 heteroatoms. The number of methoxy groups -OCH3 is 1. The monoisotopic (exact) mass is 215 g/mol. The summed E-state index contributed by atoms with van der Waals surface area (Å²) < 4.78 is 5.02. The number of hydrogen-bond donors (Lipinski definition) is 2. The van der Waals surface area contributed by atoms with E-state index in [9.17, 15) is 0 Å². The van der Waals surface area contributed by atoms with Gasteiger partial charge in [0, 0.05) is 32.8 Å². The first-order valence-corrected chi connectivity index (χ1v) is 6.01. The van der Waals surface area contributed by atoms with Crippen molar-refractivity contribution in [2.75, 3.05) is 46.4 Å². The summed E-state index contributed by atoms with van der Waals surface area (Å²) in [7, 11) is 1.76. The Kier molecular flexibility index (Phi) is 6.92. The van der Waals surface area contributed by atoms with Crippen LogP contribution in [0.25, 0.3) is 0 Å². The van der Waals surface area contributed by atoms with Crippen molar-refractivity contribution >= 4 is 0 Å². The van der Waals surface area contributed by atoms with E-state index < -0.39 is 0 Å². The minimum absolute atomic E-state index is 0.705. The highest BCUT2D eigenvalue weighted by Crippen LogP contribution is 2.09. The third-order valence-electron chi connectivity index (χ3n) is 2.99. The zero-order valence-electron chi connectivity index (χ0n) is 9.87. The summed E-state index contributed by atoms with van der Waals surface area (Å²) in [6.45, 7) is 6.16. The fourth-order valence-corrected chi connectivity index (χ4v) is 2.07. The van der Waals surface area contributed by atoms with Gasteiger partial charge in [0.1, 0.15) is 0 Å². The highest BCUT2D eigenvalue weighted by Gasteiger charge is 2.17. The zero-order valence-corrected chi connectivity index (χ0v) is 9.87. The van der Waals surface area contributed by atoms with Crippen LogP contribution in [0, 0.1) is 0 Å². The van der Waals surface area contributed by atoms with Crippen molar-refractivity contribution in [3.8, 4) is 0 Å². The summed E-state index contributed by atoms with van der Waals surface area (Å²) in [5.41, 5.74) is 5.54. The second-order valence-corrected chi connectivity index (χ2v) is 4.21. The quantitative estimate of drug-likeness (QED) is 0.589. The molecule has 0 aromatic carbocycles. The van der Waals surface area contributed by atoms with Crippen molar-refractivity contribution in [1.82, 2.24) is 10.2 Å². The van der Waals surface area contributed by atoms with E-state index >= 15 is 0 Å². The van der Waals surface area contributed by atoms with Gasteiger partial charge < -0.3 is 20.7 Å². The second kappa shape index (κ2) is 8.05. The molecule has 3 N–H and O–H groups in total. The SMILES string of the molecule is COCCCNC1CCN(CCN)CC1. The van der Waals surface area contributed by atoms with Gasteiger partial charge in [-0.05, 0) is 38.9 Å². The predicted molar refractivity (Wildman–Crippen MR) is 63.0 cm³/mol. The van der Waals surface area contributed by atoms with E-state index in [-0.39, 0.29) is 0 Å². The Balaban J connectivity index is 1.99. The molecule has 0 atom stereocenters. The van der Waals surface area contributed by atoms with Crippen molar-refractivity contribution in [3.05, 3.63) is 0 Å². The van der Waals surface area contributed by atoms with Gasteiger partial charge in [0.05, 0.1) is 0 Å². The molecule has 0 spiro atoms. The van der Waals surface area contributed by atoms with Crippen molar-refractivity contribution in [1.29, 1.82) is 0 Å². The smallest absolute Gasteiger partial charge is 0.0474 e. The number of ether oxygens (including phenoxy) is 1. The standard InChI is InChI=1S/C11H25N3O/c1-15-10-2-6-13-11-3-7-14(8-4-11)9-5-12/h11,13H,2-10,12H2,1H3. The van der Waals surface area contributed by atoms with E-state index in [2.05, 4.69) is 10.2 Å². The molecule has 0 bridgehead atoms. The average Bonchev–Trinajstić information content (AvgIpc) is 2.27. The van der Waals surface area contributed by atoms with Crippen LogP contribution in [0.4, 0.5) is 0 Å². The molecule has 15 heavy (non-hydrogen) atoms. The lowest BCUT2D eigenvalue weighted by molar-refractivity contribution is 0.182. The van der Waals surface area contributed by atoms with Crippen molar-refractivity contribution in [2.24, 2.45) is 5.73 Å². The maximum Gasteiger partial charge on any atom is 0.0474 e. The third-order valence-corrected chi connectivity index (χ3v) is 2.99. The molecule has 0 saturated carbocycles. The molecule has 4 nitrogen and oxygen atoms in total. The van der Waals surface area contributed by atoms with Gasteiger partial charge >= 0.3 is 0 Å². The highest BCUT2D eigenvalue weighted by molar-refractivity contribution is 4.77. The molecule has 1 rings (SSSR count). The number of piperidine rings is 1. The molecule has 0 aliphatic carbocycles. The lowest BCUT2D eigenvalue weighted by Crippen LogP contribution is -2.44. The number of likely N-dealkylation sites (tertiary alicyclic amines) is 1. The van der Waals surface area contributed by atoms with Gasteiger partial charge in [-0.1, -0.05) is 0 Å². The second-order valence-electron chi connectivity index (χ2n) is 4.21. The maximum atomic E-state index is 5.54. The lowest BCUT2D eigenvalue weighted by Gasteiger charge is -2.32. The largest absolute Gasteiger partial charge is 0.385 e. The predicted octanol–water partition coefficient (Wildman–Crippen LogP) is 0.0356. The van der Waals surface area contributed by atoms with Gasteiger partial charge in [-0.15, -0.1) is 0 Å². The Morgan fingerprint density at radius 3 is 2.73 bits per heavy atom. The van der Waals surface area contributed by atoms with Gasteiger partial charge in [-0.2, -0.15) is 0 Å². The molecule has 0 unspecified atom stereocenters. The first-order chi connectivity index (χ1) is 7.36. The molecule has 1 aliphatic heterocycles. The van der Waals surface area contributed by atoms with E-state index in [1.165, 1.54) is 25.9 Å². The Hall–Kier alpha value is -0.160. The molecule has 0 radical (unpaired) electrons. The van der Waals surface area contributed by atoms with Crippen LogP contribution in [0.15, 0.2) is 0 Å². The fourth-order valence-electron chi connectivity index (χ4n) is 2.07. The lowest BCUT2D eigenvalue weighted by atomic mass is 10.1. The van der Waals surface area contributed by atoms with Crippen LogP contribution in [0.3, 0.4) is 0 Å². The van der Waals surface area contributed by atoms with E-state index in [0.29, 0.717) is 6.04 Å². The van der Waals surface area contributed by atoms with Crippen LogP contribution in [0.1, 0.15) is 19.3 Å². The first kappa shape index (κ1) is 12.9. The number of nitrogens with two attached hydrogens (primary N) is 1. The zero-order chi connectivity index (χ0) is 10.9. The number of nitrogens with zero attached hydrogens (tertiary/aromatic N) is 1. The van der Waals surface area contributed by atoms with Crippen molar-refractivity contribution in [2.45, 2.75) is 25.3 Å². The molecule has 90 valence electrons. The van der Waals surface area contributed by atoms with Crippen LogP contribution in [0.2, 0.25) is 0 Å². The van der Waals surface area contributed by atoms with Gasteiger partial charge in [-0.25, -0.2) is 0 Å². The average molecular weight is 215 g/mol. The molecule has 1 heterocycles. The molecule has 0 amide bonds. The molecular formula is C11H25N3O. The Bertz CT molecular complexity index is 144. The third kappa shape index (κ3) is 5.47. The minimum atomic E-state index is 0.705. The van der Waals surface area contributed by atoms with Gasteiger partial charge in [0.25, 0.3) is 0 Å². The van der Waals surface area contributed by atoms with Crippen LogP contribution >= 0.6 is 0 Å². The normalized spacial score (nSPS) is 19.6. The summed E-state index contributed by atoms with van der Waals surface area (Å²) >= 11 is 0. The van der Waals surface area contributed by atoms with E-state index in [1.54, 1.807) is 7.11 Å². The minimum Gasteiger partial charge on any atom is -0.385 e. The topological polar surface area (TPSA) is 50.5 Å². The van der Waals surface area contributed by atoms with Crippen LogP contribution in [-0.4, -0.2) is 57.4 Å².